The lowest BCUT2D eigenvalue weighted by molar-refractivity contribution is 0.0936. The normalized spacial score (nSPS) is 11.6. The van der Waals surface area contributed by atoms with Crippen LogP contribution in [0.5, 0.6) is 0 Å². The molecule has 0 saturated heterocycles. The Morgan fingerprint density at radius 3 is 2.94 bits per heavy atom. The minimum absolute atomic E-state index is 0.137. The first-order valence-corrected chi connectivity index (χ1v) is 6.38. The molecule has 17 heavy (non-hydrogen) atoms. The second-order valence-corrected chi connectivity index (χ2v) is 4.89. The molecule has 5 heteroatoms. The van der Waals surface area contributed by atoms with E-state index in [-0.39, 0.29) is 11.9 Å². The van der Waals surface area contributed by atoms with Crippen molar-refractivity contribution in [3.8, 4) is 6.07 Å². The van der Waals surface area contributed by atoms with Crippen molar-refractivity contribution < 1.29 is 4.79 Å². The van der Waals surface area contributed by atoms with Gasteiger partial charge in [0.1, 0.15) is 0 Å². The number of hydrogen-bond donors (Lipinski definition) is 1. The maximum atomic E-state index is 11.9. The van der Waals surface area contributed by atoms with E-state index >= 15 is 0 Å². The van der Waals surface area contributed by atoms with Gasteiger partial charge in [-0.05, 0) is 24.6 Å². The van der Waals surface area contributed by atoms with E-state index in [1.165, 1.54) is 0 Å². The van der Waals surface area contributed by atoms with Gasteiger partial charge in [-0.25, -0.2) is 0 Å². The van der Waals surface area contributed by atoms with Crippen molar-refractivity contribution in [1.29, 1.82) is 5.26 Å². The number of carbonyl (C=O) groups excluding carboxylic acids is 1. The number of carbonyl (C=O) groups is 1. The molecule has 1 rings (SSSR count). The average Bonchev–Trinajstić information content (AvgIpc) is 2.31. The van der Waals surface area contributed by atoms with Crippen LogP contribution in [0.15, 0.2) is 22.7 Å². The largest absolute Gasteiger partial charge is 0.348 e. The lowest BCUT2D eigenvalue weighted by atomic mass is 10.1. The molecule has 0 aromatic heterocycles. The number of nitrogens with one attached hydrogen (secondary N) is 1. The molecule has 0 aliphatic rings. The van der Waals surface area contributed by atoms with Gasteiger partial charge in [-0.2, -0.15) is 5.26 Å². The fourth-order valence-corrected chi connectivity index (χ4v) is 1.91. The van der Waals surface area contributed by atoms with E-state index in [0.29, 0.717) is 23.4 Å². The van der Waals surface area contributed by atoms with Gasteiger partial charge in [0, 0.05) is 10.5 Å². The van der Waals surface area contributed by atoms with Crippen molar-refractivity contribution in [2.24, 2.45) is 0 Å². The quantitative estimate of drug-likeness (QED) is 0.924. The third kappa shape index (κ3) is 4.03. The number of nitrogens with zero attached hydrogens (tertiary/aromatic N) is 1. The highest BCUT2D eigenvalue weighted by Gasteiger charge is 2.14. The number of amides is 1. The molecule has 1 aromatic rings. The zero-order chi connectivity index (χ0) is 12.8. The fraction of sp³-hybridized carbons (Fsp3) is 0.333. The molecule has 0 heterocycles. The van der Waals surface area contributed by atoms with Crippen molar-refractivity contribution in [3.05, 3.63) is 33.3 Å². The van der Waals surface area contributed by atoms with E-state index in [4.69, 9.17) is 16.9 Å². The Labute approximate surface area is 114 Å². The molecule has 90 valence electrons. The lowest BCUT2D eigenvalue weighted by Gasteiger charge is -2.14. The van der Waals surface area contributed by atoms with Gasteiger partial charge in [0.2, 0.25) is 0 Å². The Morgan fingerprint density at radius 2 is 2.35 bits per heavy atom. The summed E-state index contributed by atoms with van der Waals surface area (Å²) < 4.78 is 0.792. The molecule has 0 spiro atoms. The van der Waals surface area contributed by atoms with Crippen LogP contribution in [0.4, 0.5) is 0 Å². The minimum Gasteiger partial charge on any atom is -0.348 e. The standard InChI is InChI=1S/C12H12BrClN2O/c1-2-9(5-6-15)16-12(17)10-7-8(13)3-4-11(10)14/h3-4,7,9H,2,5H2,1H3,(H,16,17). The molecule has 1 aromatic carbocycles. The lowest BCUT2D eigenvalue weighted by Crippen LogP contribution is -2.34. The fourth-order valence-electron chi connectivity index (χ4n) is 1.34. The highest BCUT2D eigenvalue weighted by Crippen LogP contribution is 2.21. The Morgan fingerprint density at radius 1 is 1.65 bits per heavy atom. The molecule has 1 N–H and O–H groups in total. The third-order valence-corrected chi connectivity index (χ3v) is 3.16. The maximum absolute atomic E-state index is 11.9. The molecule has 0 aliphatic heterocycles. The van der Waals surface area contributed by atoms with Gasteiger partial charge in [0.15, 0.2) is 0 Å². The summed E-state index contributed by atoms with van der Waals surface area (Å²) in [6, 6.07) is 7.00. The van der Waals surface area contributed by atoms with Gasteiger partial charge in [-0.15, -0.1) is 0 Å². The van der Waals surface area contributed by atoms with Crippen LogP contribution in [0, 0.1) is 11.3 Å². The molecule has 3 nitrogen and oxygen atoms in total. The molecule has 0 fully saturated rings. The highest BCUT2D eigenvalue weighted by molar-refractivity contribution is 9.10. The Bertz CT molecular complexity index is 456. The van der Waals surface area contributed by atoms with E-state index < -0.39 is 0 Å². The van der Waals surface area contributed by atoms with Gasteiger partial charge < -0.3 is 5.32 Å². The smallest absolute Gasteiger partial charge is 0.253 e. The summed E-state index contributed by atoms with van der Waals surface area (Å²) in [4.78, 5) is 11.9. The number of benzene rings is 1. The van der Waals surface area contributed by atoms with Crippen molar-refractivity contribution in [1.82, 2.24) is 5.32 Å². The first kappa shape index (κ1) is 14.0. The number of hydrogen-bond acceptors (Lipinski definition) is 2. The van der Waals surface area contributed by atoms with Crippen LogP contribution in [0.25, 0.3) is 0 Å². The second-order valence-electron chi connectivity index (χ2n) is 3.57. The van der Waals surface area contributed by atoms with Gasteiger partial charge >= 0.3 is 0 Å². The SMILES string of the molecule is CCC(CC#N)NC(=O)c1cc(Br)ccc1Cl. The average molecular weight is 316 g/mol. The van der Waals surface area contributed by atoms with E-state index in [1.807, 2.05) is 13.0 Å². The molecule has 0 radical (unpaired) electrons. The van der Waals surface area contributed by atoms with Crippen LogP contribution in [-0.4, -0.2) is 11.9 Å². The van der Waals surface area contributed by atoms with Gasteiger partial charge in [-0.3, -0.25) is 4.79 Å². The summed E-state index contributed by atoms with van der Waals surface area (Å²) in [5, 5.41) is 11.8. The van der Waals surface area contributed by atoms with E-state index in [0.717, 1.165) is 4.47 Å². The van der Waals surface area contributed by atoms with Crippen LogP contribution < -0.4 is 5.32 Å². The molecule has 1 atom stereocenters. The number of rotatable bonds is 4. The Kier molecular flexibility index (Phi) is 5.46. The predicted molar refractivity (Wildman–Crippen MR) is 70.9 cm³/mol. The van der Waals surface area contributed by atoms with Crippen molar-refractivity contribution in [2.45, 2.75) is 25.8 Å². The summed E-state index contributed by atoms with van der Waals surface area (Å²) >= 11 is 9.24. The molecule has 0 saturated carbocycles. The predicted octanol–water partition coefficient (Wildman–Crippen LogP) is 3.52. The van der Waals surface area contributed by atoms with Gasteiger partial charge in [0.25, 0.3) is 5.91 Å². The molecule has 0 bridgehead atoms. The molecule has 1 amide bonds. The van der Waals surface area contributed by atoms with Crippen molar-refractivity contribution in [2.75, 3.05) is 0 Å². The van der Waals surface area contributed by atoms with E-state index in [1.54, 1.807) is 18.2 Å². The topological polar surface area (TPSA) is 52.9 Å². The van der Waals surface area contributed by atoms with E-state index in [9.17, 15) is 4.79 Å². The molecule has 0 aliphatic carbocycles. The summed E-state index contributed by atoms with van der Waals surface area (Å²) in [6.45, 7) is 1.92. The zero-order valence-electron chi connectivity index (χ0n) is 9.34. The first-order valence-electron chi connectivity index (χ1n) is 5.21. The van der Waals surface area contributed by atoms with Crippen LogP contribution in [0.1, 0.15) is 30.1 Å². The zero-order valence-corrected chi connectivity index (χ0v) is 11.7. The molecular formula is C12H12BrClN2O. The van der Waals surface area contributed by atoms with Crippen LogP contribution in [-0.2, 0) is 0 Å². The minimum atomic E-state index is -0.251. The summed E-state index contributed by atoms with van der Waals surface area (Å²) in [5.41, 5.74) is 0.414. The Balaban J connectivity index is 2.82. The summed E-state index contributed by atoms with van der Waals surface area (Å²) in [7, 11) is 0. The first-order chi connectivity index (χ1) is 8.08. The van der Waals surface area contributed by atoms with E-state index in [2.05, 4.69) is 21.2 Å². The van der Waals surface area contributed by atoms with Gasteiger partial charge in [-0.1, -0.05) is 34.5 Å². The molecular weight excluding hydrogens is 304 g/mol. The van der Waals surface area contributed by atoms with Crippen molar-refractivity contribution >= 4 is 33.4 Å². The molecule has 1 unspecified atom stereocenters. The van der Waals surface area contributed by atoms with Crippen LogP contribution in [0.3, 0.4) is 0 Å². The van der Waals surface area contributed by atoms with Crippen molar-refractivity contribution in [3.63, 3.8) is 0 Å². The van der Waals surface area contributed by atoms with Crippen LogP contribution >= 0.6 is 27.5 Å². The van der Waals surface area contributed by atoms with Gasteiger partial charge in [0.05, 0.1) is 23.1 Å². The van der Waals surface area contributed by atoms with Crippen LogP contribution in [0.2, 0.25) is 5.02 Å². The number of nitriles is 1. The monoisotopic (exact) mass is 314 g/mol. The Hall–Kier alpha value is -1.05. The number of halogens is 2. The summed E-state index contributed by atoms with van der Waals surface area (Å²) in [5.74, 6) is -0.251. The second kappa shape index (κ2) is 6.63. The summed E-state index contributed by atoms with van der Waals surface area (Å²) in [6.07, 6.45) is 1.01. The highest BCUT2D eigenvalue weighted by atomic mass is 79.9. The maximum Gasteiger partial charge on any atom is 0.253 e. The third-order valence-electron chi connectivity index (χ3n) is 2.34.